The lowest BCUT2D eigenvalue weighted by Crippen LogP contribution is -2.16. The van der Waals surface area contributed by atoms with Crippen LogP contribution in [-0.4, -0.2) is 37.1 Å². The van der Waals surface area contributed by atoms with Crippen molar-refractivity contribution in [2.24, 2.45) is 10.9 Å². The molecule has 3 N–H and O–H groups in total. The molecule has 0 fully saturated rings. The van der Waals surface area contributed by atoms with Gasteiger partial charge in [0.15, 0.2) is 5.84 Å². The van der Waals surface area contributed by atoms with Crippen LogP contribution in [-0.2, 0) is 6.54 Å². The number of ether oxygens (including phenoxy) is 1. The SMILES string of the molecule is COc1ccc(CN(C)C)cc1C(N)=NO. The summed E-state index contributed by atoms with van der Waals surface area (Å²) in [4.78, 5) is 2.04. The molecule has 0 aromatic heterocycles. The second-order valence-corrected chi connectivity index (χ2v) is 3.76. The van der Waals surface area contributed by atoms with Crippen LogP contribution in [0, 0.1) is 0 Å². The lowest BCUT2D eigenvalue weighted by Gasteiger charge is -2.13. The van der Waals surface area contributed by atoms with Crippen molar-refractivity contribution in [3.05, 3.63) is 29.3 Å². The van der Waals surface area contributed by atoms with E-state index in [0.717, 1.165) is 12.1 Å². The summed E-state index contributed by atoms with van der Waals surface area (Å²) in [6.07, 6.45) is 0. The molecule has 88 valence electrons. The van der Waals surface area contributed by atoms with Gasteiger partial charge in [0.2, 0.25) is 0 Å². The minimum absolute atomic E-state index is 0.0532. The van der Waals surface area contributed by atoms with Crippen LogP contribution in [0.5, 0.6) is 5.75 Å². The number of methoxy groups -OCH3 is 1. The standard InChI is InChI=1S/C11H17N3O2/c1-14(2)7-8-4-5-10(16-3)9(6-8)11(12)13-15/h4-6,15H,7H2,1-3H3,(H2,12,13). The van der Waals surface area contributed by atoms with Crippen LogP contribution in [0.15, 0.2) is 23.4 Å². The smallest absolute Gasteiger partial charge is 0.173 e. The molecule has 0 aliphatic rings. The van der Waals surface area contributed by atoms with Crippen LogP contribution in [0.2, 0.25) is 0 Å². The largest absolute Gasteiger partial charge is 0.496 e. The first-order chi connectivity index (χ1) is 7.58. The summed E-state index contributed by atoms with van der Waals surface area (Å²) >= 11 is 0. The van der Waals surface area contributed by atoms with Gasteiger partial charge in [0, 0.05) is 6.54 Å². The number of hydrogen-bond acceptors (Lipinski definition) is 4. The second-order valence-electron chi connectivity index (χ2n) is 3.76. The van der Waals surface area contributed by atoms with Gasteiger partial charge in [-0.3, -0.25) is 0 Å². The number of hydrogen-bond donors (Lipinski definition) is 2. The molecule has 0 radical (unpaired) electrons. The molecule has 1 aromatic rings. The molecular formula is C11H17N3O2. The van der Waals surface area contributed by atoms with E-state index in [4.69, 9.17) is 15.7 Å². The highest BCUT2D eigenvalue weighted by Gasteiger charge is 2.09. The normalized spacial score (nSPS) is 11.9. The molecule has 0 unspecified atom stereocenters. The van der Waals surface area contributed by atoms with Crippen molar-refractivity contribution in [1.82, 2.24) is 4.90 Å². The summed E-state index contributed by atoms with van der Waals surface area (Å²) in [5.41, 5.74) is 7.25. The van der Waals surface area contributed by atoms with E-state index in [1.54, 1.807) is 7.11 Å². The van der Waals surface area contributed by atoms with Crippen molar-refractivity contribution < 1.29 is 9.94 Å². The van der Waals surface area contributed by atoms with Gasteiger partial charge in [0.05, 0.1) is 12.7 Å². The number of oxime groups is 1. The van der Waals surface area contributed by atoms with Crippen molar-refractivity contribution in [1.29, 1.82) is 0 Å². The maximum absolute atomic E-state index is 8.68. The number of benzene rings is 1. The summed E-state index contributed by atoms with van der Waals surface area (Å²) in [5, 5.41) is 11.7. The first kappa shape index (κ1) is 12.3. The van der Waals surface area contributed by atoms with Gasteiger partial charge in [-0.15, -0.1) is 0 Å². The zero-order valence-electron chi connectivity index (χ0n) is 9.77. The summed E-state index contributed by atoms with van der Waals surface area (Å²) < 4.78 is 5.14. The Morgan fingerprint density at radius 1 is 1.50 bits per heavy atom. The highest BCUT2D eigenvalue weighted by Crippen LogP contribution is 2.20. The van der Waals surface area contributed by atoms with E-state index in [1.807, 2.05) is 37.2 Å². The maximum Gasteiger partial charge on any atom is 0.173 e. The molecule has 5 nitrogen and oxygen atoms in total. The molecule has 16 heavy (non-hydrogen) atoms. The Bertz CT molecular complexity index is 389. The fourth-order valence-corrected chi connectivity index (χ4v) is 1.47. The third-order valence-electron chi connectivity index (χ3n) is 2.15. The number of nitrogens with zero attached hydrogens (tertiary/aromatic N) is 2. The minimum Gasteiger partial charge on any atom is -0.496 e. The molecule has 0 aliphatic heterocycles. The summed E-state index contributed by atoms with van der Waals surface area (Å²) in [6.45, 7) is 0.787. The maximum atomic E-state index is 8.68. The van der Waals surface area contributed by atoms with E-state index in [9.17, 15) is 0 Å². The van der Waals surface area contributed by atoms with Crippen LogP contribution >= 0.6 is 0 Å². The summed E-state index contributed by atoms with van der Waals surface area (Å²) in [5.74, 6) is 0.648. The molecule has 0 saturated carbocycles. The van der Waals surface area contributed by atoms with E-state index < -0.39 is 0 Å². The minimum atomic E-state index is 0.0532. The lowest BCUT2D eigenvalue weighted by molar-refractivity contribution is 0.318. The lowest BCUT2D eigenvalue weighted by atomic mass is 10.1. The van der Waals surface area contributed by atoms with Crippen LogP contribution in [0.3, 0.4) is 0 Å². The molecule has 0 bridgehead atoms. The van der Waals surface area contributed by atoms with Gasteiger partial charge in [-0.1, -0.05) is 11.2 Å². The Kier molecular flexibility index (Phi) is 4.13. The first-order valence-electron chi connectivity index (χ1n) is 4.88. The Hall–Kier alpha value is -1.75. The predicted octanol–water partition coefficient (Wildman–Crippen LogP) is 0.851. The molecule has 0 saturated heterocycles. The van der Waals surface area contributed by atoms with Gasteiger partial charge in [0.1, 0.15) is 5.75 Å². The average Bonchev–Trinajstić information content (AvgIpc) is 2.27. The number of nitrogens with two attached hydrogens (primary N) is 1. The van der Waals surface area contributed by atoms with Gasteiger partial charge in [-0.25, -0.2) is 0 Å². The zero-order chi connectivity index (χ0) is 12.1. The van der Waals surface area contributed by atoms with Crippen LogP contribution < -0.4 is 10.5 Å². The molecule has 0 atom stereocenters. The van der Waals surface area contributed by atoms with Gasteiger partial charge < -0.3 is 20.6 Å². The summed E-state index contributed by atoms with van der Waals surface area (Å²) in [6, 6.07) is 5.62. The molecule has 0 amide bonds. The van der Waals surface area contributed by atoms with Crippen LogP contribution in [0.4, 0.5) is 0 Å². The Morgan fingerprint density at radius 2 is 2.19 bits per heavy atom. The molecule has 1 rings (SSSR count). The van der Waals surface area contributed by atoms with Gasteiger partial charge in [0.25, 0.3) is 0 Å². The topological polar surface area (TPSA) is 71.1 Å². The molecule has 1 aromatic carbocycles. The third-order valence-corrected chi connectivity index (χ3v) is 2.15. The Morgan fingerprint density at radius 3 is 2.69 bits per heavy atom. The summed E-state index contributed by atoms with van der Waals surface area (Å²) in [7, 11) is 5.51. The highest BCUT2D eigenvalue weighted by atomic mass is 16.5. The van der Waals surface area contributed by atoms with Crippen LogP contribution in [0.25, 0.3) is 0 Å². The molecule has 0 aliphatic carbocycles. The third kappa shape index (κ3) is 2.87. The fourth-order valence-electron chi connectivity index (χ4n) is 1.47. The van der Waals surface area contributed by atoms with E-state index in [0.29, 0.717) is 11.3 Å². The molecule has 0 heterocycles. The molecular weight excluding hydrogens is 206 g/mol. The highest BCUT2D eigenvalue weighted by molar-refractivity contribution is 5.99. The van der Waals surface area contributed by atoms with Gasteiger partial charge in [-0.2, -0.15) is 0 Å². The van der Waals surface area contributed by atoms with E-state index in [2.05, 4.69) is 5.16 Å². The van der Waals surface area contributed by atoms with Crippen molar-refractivity contribution >= 4 is 5.84 Å². The van der Waals surface area contributed by atoms with Crippen molar-refractivity contribution in [2.75, 3.05) is 21.2 Å². The Balaban J connectivity index is 3.11. The van der Waals surface area contributed by atoms with E-state index in [-0.39, 0.29) is 5.84 Å². The second kappa shape index (κ2) is 5.37. The van der Waals surface area contributed by atoms with Crippen LogP contribution in [0.1, 0.15) is 11.1 Å². The predicted molar refractivity (Wildman–Crippen MR) is 62.9 cm³/mol. The van der Waals surface area contributed by atoms with E-state index >= 15 is 0 Å². The number of amidine groups is 1. The monoisotopic (exact) mass is 223 g/mol. The van der Waals surface area contributed by atoms with Gasteiger partial charge in [-0.05, 0) is 31.8 Å². The quantitative estimate of drug-likeness (QED) is 0.343. The van der Waals surface area contributed by atoms with Crippen molar-refractivity contribution in [3.63, 3.8) is 0 Å². The molecule has 0 spiro atoms. The first-order valence-corrected chi connectivity index (χ1v) is 4.88. The average molecular weight is 223 g/mol. The number of rotatable bonds is 4. The van der Waals surface area contributed by atoms with Gasteiger partial charge >= 0.3 is 0 Å². The molecule has 5 heteroatoms. The van der Waals surface area contributed by atoms with Crippen molar-refractivity contribution in [3.8, 4) is 5.75 Å². The zero-order valence-corrected chi connectivity index (χ0v) is 9.77. The van der Waals surface area contributed by atoms with Crippen molar-refractivity contribution in [2.45, 2.75) is 6.54 Å². The Labute approximate surface area is 95.1 Å². The fraction of sp³-hybridized carbons (Fsp3) is 0.364. The van der Waals surface area contributed by atoms with E-state index in [1.165, 1.54) is 0 Å².